The number of H-pyrrole nitrogens is 1. The fourth-order valence-corrected chi connectivity index (χ4v) is 2.72. The number of Topliss-reactive ketones (excluding diaryl/α,β-unsaturated/α-hetero) is 1. The zero-order valence-corrected chi connectivity index (χ0v) is 14.7. The molecule has 0 aliphatic rings. The molecule has 1 unspecified atom stereocenters. The number of hydrogen-bond donors (Lipinski definition) is 3. The third-order valence-electron chi connectivity index (χ3n) is 4.16. The number of rotatable bonds is 6. The molecule has 4 N–H and O–H groups in total. The van der Waals surface area contributed by atoms with Crippen LogP contribution in [-0.4, -0.2) is 28.9 Å². The van der Waals surface area contributed by atoms with Crippen molar-refractivity contribution in [3.8, 4) is 0 Å². The third kappa shape index (κ3) is 4.14. The molecule has 0 saturated carbocycles. The second-order valence-corrected chi connectivity index (χ2v) is 6.07. The van der Waals surface area contributed by atoms with Gasteiger partial charge in [0.25, 0.3) is 0 Å². The minimum absolute atomic E-state index is 0.264. The Labute approximate surface area is 155 Å². The minimum atomic E-state index is -0.923. The fourth-order valence-electron chi connectivity index (χ4n) is 2.72. The predicted molar refractivity (Wildman–Crippen MR) is 100 cm³/mol. The number of ketones is 1. The van der Waals surface area contributed by atoms with Gasteiger partial charge < -0.3 is 20.8 Å². The van der Waals surface area contributed by atoms with Crippen LogP contribution in [0, 0.1) is 0 Å². The van der Waals surface area contributed by atoms with E-state index in [1.807, 2.05) is 24.3 Å². The van der Waals surface area contributed by atoms with Gasteiger partial charge in [-0.1, -0.05) is 30.3 Å². The molecular formula is C20H19N3O4. The number of primary amides is 1. The summed E-state index contributed by atoms with van der Waals surface area (Å²) in [6, 6.07) is 13.3. The van der Waals surface area contributed by atoms with Crippen molar-refractivity contribution < 1.29 is 19.1 Å². The maximum Gasteiger partial charge on any atom is 0.338 e. The Morgan fingerprint density at radius 3 is 2.52 bits per heavy atom. The number of carbonyl (C=O) groups excluding carboxylic acids is 3. The molecule has 0 aliphatic carbocycles. The van der Waals surface area contributed by atoms with E-state index in [1.165, 1.54) is 0 Å². The van der Waals surface area contributed by atoms with Gasteiger partial charge in [0.15, 0.2) is 6.10 Å². The maximum atomic E-state index is 12.6. The van der Waals surface area contributed by atoms with Crippen molar-refractivity contribution in [1.29, 1.82) is 0 Å². The number of para-hydroxylation sites is 1. The molecule has 2 aromatic carbocycles. The zero-order valence-electron chi connectivity index (χ0n) is 14.7. The van der Waals surface area contributed by atoms with Crippen LogP contribution >= 0.6 is 0 Å². The highest BCUT2D eigenvalue weighted by molar-refractivity contribution is 6.10. The van der Waals surface area contributed by atoms with Gasteiger partial charge in [-0.25, -0.2) is 9.59 Å². The van der Waals surface area contributed by atoms with Crippen LogP contribution in [0.1, 0.15) is 33.2 Å². The molecule has 138 valence electrons. The Bertz CT molecular complexity index is 992. The van der Waals surface area contributed by atoms with Gasteiger partial charge >= 0.3 is 12.0 Å². The Balaban J connectivity index is 1.66. The first-order valence-electron chi connectivity index (χ1n) is 8.39. The van der Waals surface area contributed by atoms with Gasteiger partial charge in [0, 0.05) is 29.2 Å². The third-order valence-corrected chi connectivity index (χ3v) is 4.16. The summed E-state index contributed by atoms with van der Waals surface area (Å²) in [5.74, 6) is -0.867. The van der Waals surface area contributed by atoms with E-state index in [1.54, 1.807) is 37.4 Å². The van der Waals surface area contributed by atoms with Crippen molar-refractivity contribution in [1.82, 2.24) is 10.3 Å². The summed E-state index contributed by atoms with van der Waals surface area (Å²) in [4.78, 5) is 38.7. The van der Waals surface area contributed by atoms with Crippen molar-refractivity contribution >= 4 is 28.7 Å². The topological polar surface area (TPSA) is 114 Å². The number of nitrogens with two attached hydrogens (primary N) is 1. The van der Waals surface area contributed by atoms with Crippen LogP contribution in [0.5, 0.6) is 0 Å². The maximum absolute atomic E-state index is 12.6. The molecule has 3 aromatic rings. The lowest BCUT2D eigenvalue weighted by molar-refractivity contribution is 0.0319. The van der Waals surface area contributed by atoms with Crippen LogP contribution in [0.2, 0.25) is 0 Å². The first kappa shape index (κ1) is 18.2. The standard InChI is InChI=1S/C20H19N3O4/c1-12(18(24)16-11-22-17-5-3-2-4-15(16)17)27-19(25)14-8-6-13(7-9-14)10-23-20(21)26/h2-9,11-12,22H,10H2,1H3,(H3,21,23,26). The SMILES string of the molecule is CC(OC(=O)c1ccc(CNC(N)=O)cc1)C(=O)c1c[nH]c2ccccc12. The van der Waals surface area contributed by atoms with Gasteiger partial charge in [-0.3, -0.25) is 4.79 Å². The van der Waals surface area contributed by atoms with Crippen LogP contribution < -0.4 is 11.1 Å². The van der Waals surface area contributed by atoms with Crippen LogP contribution in [0.25, 0.3) is 10.9 Å². The van der Waals surface area contributed by atoms with E-state index in [2.05, 4.69) is 10.3 Å². The normalized spacial score (nSPS) is 11.7. The quantitative estimate of drug-likeness (QED) is 0.460. The summed E-state index contributed by atoms with van der Waals surface area (Å²) in [6.07, 6.45) is 0.700. The molecule has 7 heteroatoms. The number of hydrogen-bond acceptors (Lipinski definition) is 4. The Hall–Kier alpha value is -3.61. The first-order valence-corrected chi connectivity index (χ1v) is 8.39. The number of fused-ring (bicyclic) bond motifs is 1. The second kappa shape index (κ2) is 7.74. The largest absolute Gasteiger partial charge is 0.451 e. The molecule has 1 heterocycles. The molecule has 0 spiro atoms. The van der Waals surface area contributed by atoms with E-state index in [4.69, 9.17) is 10.5 Å². The van der Waals surface area contributed by atoms with Crippen LogP contribution in [0.4, 0.5) is 4.79 Å². The summed E-state index contributed by atoms with van der Waals surface area (Å²) >= 11 is 0. The van der Waals surface area contributed by atoms with Crippen LogP contribution in [0.3, 0.4) is 0 Å². The minimum Gasteiger partial charge on any atom is -0.451 e. The van der Waals surface area contributed by atoms with Crippen molar-refractivity contribution in [3.05, 3.63) is 71.4 Å². The van der Waals surface area contributed by atoms with Gasteiger partial charge in [0.05, 0.1) is 5.56 Å². The highest BCUT2D eigenvalue weighted by atomic mass is 16.5. The zero-order chi connectivity index (χ0) is 19.4. The van der Waals surface area contributed by atoms with E-state index < -0.39 is 18.1 Å². The van der Waals surface area contributed by atoms with E-state index in [-0.39, 0.29) is 12.3 Å². The number of aromatic amines is 1. The summed E-state index contributed by atoms with van der Waals surface area (Å²) in [6.45, 7) is 1.81. The van der Waals surface area contributed by atoms with Gasteiger partial charge in [-0.15, -0.1) is 0 Å². The van der Waals surface area contributed by atoms with E-state index >= 15 is 0 Å². The summed E-state index contributed by atoms with van der Waals surface area (Å²) < 4.78 is 5.32. The van der Waals surface area contributed by atoms with Crippen LogP contribution in [-0.2, 0) is 11.3 Å². The van der Waals surface area contributed by atoms with E-state index in [9.17, 15) is 14.4 Å². The fraction of sp³-hybridized carbons (Fsp3) is 0.150. The molecule has 0 aliphatic heterocycles. The Morgan fingerprint density at radius 2 is 1.81 bits per heavy atom. The summed E-state index contributed by atoms with van der Waals surface area (Å²) in [7, 11) is 0. The second-order valence-electron chi connectivity index (χ2n) is 6.07. The van der Waals surface area contributed by atoms with Crippen molar-refractivity contribution in [2.75, 3.05) is 0 Å². The molecule has 0 saturated heterocycles. The van der Waals surface area contributed by atoms with Crippen molar-refractivity contribution in [3.63, 3.8) is 0 Å². The monoisotopic (exact) mass is 365 g/mol. The smallest absolute Gasteiger partial charge is 0.338 e. The average molecular weight is 365 g/mol. The number of amides is 2. The lowest BCUT2D eigenvalue weighted by atomic mass is 10.1. The number of aromatic nitrogens is 1. The van der Waals surface area contributed by atoms with Gasteiger partial charge in [0.1, 0.15) is 0 Å². The van der Waals surface area contributed by atoms with E-state index in [0.717, 1.165) is 16.5 Å². The molecule has 0 radical (unpaired) electrons. The molecule has 1 aromatic heterocycles. The highest BCUT2D eigenvalue weighted by Crippen LogP contribution is 2.20. The number of ether oxygens (including phenoxy) is 1. The number of urea groups is 1. The van der Waals surface area contributed by atoms with Crippen LogP contribution in [0.15, 0.2) is 54.7 Å². The molecule has 2 amide bonds. The van der Waals surface area contributed by atoms with Crippen molar-refractivity contribution in [2.24, 2.45) is 5.73 Å². The number of carbonyl (C=O) groups is 3. The lowest BCUT2D eigenvalue weighted by Crippen LogP contribution is -2.28. The molecule has 0 fully saturated rings. The molecule has 3 rings (SSSR count). The molecule has 27 heavy (non-hydrogen) atoms. The van der Waals surface area contributed by atoms with Gasteiger partial charge in [0.2, 0.25) is 5.78 Å². The number of nitrogens with one attached hydrogen (secondary N) is 2. The van der Waals surface area contributed by atoms with Crippen molar-refractivity contribution in [2.45, 2.75) is 19.6 Å². The lowest BCUT2D eigenvalue weighted by Gasteiger charge is -2.12. The van der Waals surface area contributed by atoms with Gasteiger partial charge in [-0.2, -0.15) is 0 Å². The summed E-state index contributed by atoms with van der Waals surface area (Å²) in [5.41, 5.74) is 7.45. The highest BCUT2D eigenvalue weighted by Gasteiger charge is 2.22. The number of esters is 1. The Kier molecular flexibility index (Phi) is 5.21. The Morgan fingerprint density at radius 1 is 1.11 bits per heavy atom. The number of benzene rings is 2. The molecule has 0 bridgehead atoms. The average Bonchev–Trinajstić information content (AvgIpc) is 3.10. The molecule has 1 atom stereocenters. The molecular weight excluding hydrogens is 346 g/mol. The predicted octanol–water partition coefficient (Wildman–Crippen LogP) is 2.76. The van der Waals surface area contributed by atoms with E-state index in [0.29, 0.717) is 11.1 Å². The molecule has 7 nitrogen and oxygen atoms in total. The summed E-state index contributed by atoms with van der Waals surface area (Å²) in [5, 5.41) is 3.25. The first-order chi connectivity index (χ1) is 13.0. The van der Waals surface area contributed by atoms with Gasteiger partial charge in [-0.05, 0) is 30.7 Å².